The molecule has 134 valence electrons. The van der Waals surface area contributed by atoms with Gasteiger partial charge in [-0.15, -0.1) is 0 Å². The Morgan fingerprint density at radius 3 is 2.35 bits per heavy atom. The Balaban J connectivity index is 1.44. The Morgan fingerprint density at radius 1 is 0.962 bits per heavy atom. The van der Waals surface area contributed by atoms with Gasteiger partial charge >= 0.3 is 0 Å². The van der Waals surface area contributed by atoms with E-state index in [0.717, 1.165) is 35.6 Å². The number of carbonyl (C=O) groups is 2. The normalized spacial score (nSPS) is 21.5. The number of hydrogen-bond donors (Lipinski definition) is 0. The summed E-state index contributed by atoms with van der Waals surface area (Å²) in [4.78, 5) is 35.4. The highest BCUT2D eigenvalue weighted by atomic mass is 127. The lowest BCUT2D eigenvalue weighted by Crippen LogP contribution is -2.52. The van der Waals surface area contributed by atoms with E-state index < -0.39 is 0 Å². The number of nitrogens with zero attached hydrogens (tertiary/aromatic N) is 4. The maximum Gasteiger partial charge on any atom is 0.251 e. The molecule has 0 N–H and O–H groups in total. The third-order valence-electron chi connectivity index (χ3n) is 4.94. The largest absolute Gasteiger partial charge is 0.354 e. The number of anilines is 2. The monoisotopic (exact) mass is 462 g/mol. The smallest absolute Gasteiger partial charge is 0.251 e. The first-order chi connectivity index (χ1) is 12.6. The number of benzene rings is 1. The molecule has 26 heavy (non-hydrogen) atoms. The second-order valence-electron chi connectivity index (χ2n) is 6.47. The van der Waals surface area contributed by atoms with Crippen LogP contribution in [0.25, 0.3) is 0 Å². The highest BCUT2D eigenvalue weighted by Gasteiger charge is 2.43. The third-order valence-corrected chi connectivity index (χ3v) is 5.66. The Labute approximate surface area is 165 Å². The van der Waals surface area contributed by atoms with Crippen molar-refractivity contribution in [1.82, 2.24) is 9.88 Å². The zero-order chi connectivity index (χ0) is 18.1. The number of pyridine rings is 1. The molecule has 0 saturated carbocycles. The van der Waals surface area contributed by atoms with Crippen LogP contribution in [-0.4, -0.2) is 53.9 Å². The first-order valence-electron chi connectivity index (χ1n) is 8.66. The molecule has 2 aliphatic rings. The Hall–Kier alpha value is -2.00. The van der Waals surface area contributed by atoms with E-state index >= 15 is 0 Å². The molecular formula is C19H19IN4O2. The molecule has 1 aromatic heterocycles. The number of imide groups is 1. The highest BCUT2D eigenvalue weighted by Crippen LogP contribution is 2.27. The number of hydrogen-bond acceptors (Lipinski definition) is 5. The number of rotatable bonds is 3. The van der Waals surface area contributed by atoms with E-state index in [0.29, 0.717) is 5.69 Å². The Bertz CT molecular complexity index is 804. The number of amides is 2. The molecule has 1 aromatic carbocycles. The van der Waals surface area contributed by atoms with Gasteiger partial charge in [0.25, 0.3) is 5.91 Å². The number of halogens is 1. The quantitative estimate of drug-likeness (QED) is 0.517. The molecule has 2 aliphatic heterocycles. The first-order valence-corrected chi connectivity index (χ1v) is 9.74. The fourth-order valence-electron chi connectivity index (χ4n) is 3.57. The van der Waals surface area contributed by atoms with Gasteiger partial charge in [0, 0.05) is 35.9 Å². The van der Waals surface area contributed by atoms with Crippen LogP contribution >= 0.6 is 22.6 Å². The molecule has 2 fully saturated rings. The SMILES string of the molecule is O=C1C[C@H](N2CCN(c3ccccn3)CC2)C(=O)N1c1ccc(I)cc1. The summed E-state index contributed by atoms with van der Waals surface area (Å²) in [6, 6.07) is 13.0. The number of carbonyl (C=O) groups excluding carboxylic acids is 2. The van der Waals surface area contributed by atoms with Crippen LogP contribution in [0.15, 0.2) is 48.7 Å². The van der Waals surface area contributed by atoms with Crippen LogP contribution in [0.5, 0.6) is 0 Å². The number of aromatic nitrogens is 1. The van der Waals surface area contributed by atoms with Gasteiger partial charge < -0.3 is 4.90 Å². The van der Waals surface area contributed by atoms with Crippen molar-refractivity contribution in [2.45, 2.75) is 12.5 Å². The van der Waals surface area contributed by atoms with E-state index in [1.807, 2.05) is 42.5 Å². The second kappa shape index (κ2) is 7.32. The van der Waals surface area contributed by atoms with Gasteiger partial charge in [-0.2, -0.15) is 0 Å². The minimum atomic E-state index is -0.354. The van der Waals surface area contributed by atoms with Gasteiger partial charge in [-0.3, -0.25) is 14.5 Å². The minimum absolute atomic E-state index is 0.109. The first kappa shape index (κ1) is 17.4. The lowest BCUT2D eigenvalue weighted by Gasteiger charge is -2.37. The molecule has 0 radical (unpaired) electrons. The summed E-state index contributed by atoms with van der Waals surface area (Å²) in [6.07, 6.45) is 2.05. The summed E-state index contributed by atoms with van der Waals surface area (Å²) in [7, 11) is 0. The van der Waals surface area contributed by atoms with Crippen LogP contribution in [0.2, 0.25) is 0 Å². The average Bonchev–Trinajstić information content (AvgIpc) is 2.98. The molecule has 3 heterocycles. The molecule has 0 unspecified atom stereocenters. The van der Waals surface area contributed by atoms with Crippen molar-refractivity contribution in [3.8, 4) is 0 Å². The van der Waals surface area contributed by atoms with Crippen LogP contribution in [0.1, 0.15) is 6.42 Å². The summed E-state index contributed by atoms with van der Waals surface area (Å²) in [5.74, 6) is 0.734. The predicted octanol–water partition coefficient (Wildman–Crippen LogP) is 2.14. The van der Waals surface area contributed by atoms with Crippen molar-refractivity contribution in [2.24, 2.45) is 0 Å². The molecular weight excluding hydrogens is 443 g/mol. The van der Waals surface area contributed by atoms with Crippen LogP contribution in [-0.2, 0) is 9.59 Å². The fourth-order valence-corrected chi connectivity index (χ4v) is 3.93. The van der Waals surface area contributed by atoms with Crippen molar-refractivity contribution in [1.29, 1.82) is 0 Å². The molecule has 4 rings (SSSR count). The van der Waals surface area contributed by atoms with Gasteiger partial charge in [0.05, 0.1) is 18.2 Å². The molecule has 0 aliphatic carbocycles. The van der Waals surface area contributed by atoms with E-state index in [9.17, 15) is 9.59 Å². The van der Waals surface area contributed by atoms with Crippen molar-refractivity contribution in [3.05, 3.63) is 52.2 Å². The molecule has 0 spiro atoms. The molecule has 0 bridgehead atoms. The topological polar surface area (TPSA) is 56.8 Å². The van der Waals surface area contributed by atoms with Gasteiger partial charge in [-0.1, -0.05) is 6.07 Å². The van der Waals surface area contributed by atoms with Crippen molar-refractivity contribution < 1.29 is 9.59 Å². The van der Waals surface area contributed by atoms with Gasteiger partial charge in [0.15, 0.2) is 0 Å². The zero-order valence-electron chi connectivity index (χ0n) is 14.2. The van der Waals surface area contributed by atoms with Crippen LogP contribution < -0.4 is 9.80 Å². The predicted molar refractivity (Wildman–Crippen MR) is 108 cm³/mol. The standard InChI is InChI=1S/C19H19IN4O2/c20-14-4-6-15(7-5-14)24-18(25)13-16(19(24)26)22-9-11-23(12-10-22)17-3-1-2-8-21-17/h1-8,16H,9-13H2/t16-/m0/s1. The molecule has 1 atom stereocenters. The van der Waals surface area contributed by atoms with Gasteiger partial charge in [-0.25, -0.2) is 9.88 Å². The summed E-state index contributed by atoms with van der Waals surface area (Å²) >= 11 is 2.21. The van der Waals surface area contributed by atoms with Gasteiger partial charge in [0.1, 0.15) is 5.82 Å². The van der Waals surface area contributed by atoms with Crippen LogP contribution in [0, 0.1) is 3.57 Å². The van der Waals surface area contributed by atoms with Crippen LogP contribution in [0.4, 0.5) is 11.5 Å². The lowest BCUT2D eigenvalue weighted by atomic mass is 10.1. The molecule has 2 saturated heterocycles. The van der Waals surface area contributed by atoms with Crippen molar-refractivity contribution in [2.75, 3.05) is 36.0 Å². The molecule has 2 amide bonds. The number of piperazine rings is 1. The maximum atomic E-state index is 12.9. The summed E-state index contributed by atoms with van der Waals surface area (Å²) in [5, 5.41) is 0. The Kier molecular flexibility index (Phi) is 4.90. The highest BCUT2D eigenvalue weighted by molar-refractivity contribution is 14.1. The van der Waals surface area contributed by atoms with E-state index in [1.165, 1.54) is 4.90 Å². The summed E-state index contributed by atoms with van der Waals surface area (Å²) < 4.78 is 1.08. The Morgan fingerprint density at radius 2 is 1.69 bits per heavy atom. The van der Waals surface area contributed by atoms with E-state index in [2.05, 4.69) is 37.4 Å². The maximum absolute atomic E-state index is 12.9. The minimum Gasteiger partial charge on any atom is -0.354 e. The van der Waals surface area contributed by atoms with Gasteiger partial charge in [-0.05, 0) is 59.0 Å². The summed E-state index contributed by atoms with van der Waals surface area (Å²) in [6.45, 7) is 3.11. The lowest BCUT2D eigenvalue weighted by molar-refractivity contribution is -0.123. The second-order valence-corrected chi connectivity index (χ2v) is 7.72. The van der Waals surface area contributed by atoms with Crippen LogP contribution in [0.3, 0.4) is 0 Å². The fraction of sp³-hybridized carbons (Fsp3) is 0.316. The van der Waals surface area contributed by atoms with E-state index in [1.54, 1.807) is 6.20 Å². The zero-order valence-corrected chi connectivity index (χ0v) is 16.4. The van der Waals surface area contributed by atoms with E-state index in [4.69, 9.17) is 0 Å². The molecule has 7 heteroatoms. The molecule has 6 nitrogen and oxygen atoms in total. The van der Waals surface area contributed by atoms with Crippen molar-refractivity contribution in [3.63, 3.8) is 0 Å². The average molecular weight is 462 g/mol. The summed E-state index contributed by atoms with van der Waals surface area (Å²) in [5.41, 5.74) is 0.662. The molecule has 2 aromatic rings. The van der Waals surface area contributed by atoms with E-state index in [-0.39, 0.29) is 24.3 Å². The van der Waals surface area contributed by atoms with Gasteiger partial charge in [0.2, 0.25) is 5.91 Å². The van der Waals surface area contributed by atoms with Crippen molar-refractivity contribution >= 4 is 45.9 Å². The third kappa shape index (κ3) is 3.33.